The van der Waals surface area contributed by atoms with Crippen molar-refractivity contribution in [2.45, 2.75) is 52.4 Å². The van der Waals surface area contributed by atoms with Crippen molar-refractivity contribution in [1.29, 1.82) is 0 Å². The van der Waals surface area contributed by atoms with Gasteiger partial charge in [-0.1, -0.05) is 25.8 Å². The molecular formula is C12H20O. The summed E-state index contributed by atoms with van der Waals surface area (Å²) in [5.41, 5.74) is 1.39. The summed E-state index contributed by atoms with van der Waals surface area (Å²) in [7, 11) is 0. The molecule has 0 saturated heterocycles. The third kappa shape index (κ3) is 4.25. The molecule has 0 aromatic rings. The van der Waals surface area contributed by atoms with E-state index in [2.05, 4.69) is 13.8 Å². The highest BCUT2D eigenvalue weighted by atomic mass is 16.1. The maximum Gasteiger partial charge on any atom is 0.155 e. The Labute approximate surface area is 81.2 Å². The first-order valence-electron chi connectivity index (χ1n) is 5.41. The first-order chi connectivity index (χ1) is 6.18. The molecule has 0 heterocycles. The molecule has 1 rings (SSSR count). The van der Waals surface area contributed by atoms with E-state index in [1.165, 1.54) is 18.4 Å². The lowest BCUT2D eigenvalue weighted by Crippen LogP contribution is -2.02. The molecule has 0 saturated carbocycles. The van der Waals surface area contributed by atoms with E-state index in [0.717, 1.165) is 31.6 Å². The molecule has 0 aromatic carbocycles. The molecule has 1 aliphatic carbocycles. The van der Waals surface area contributed by atoms with Crippen molar-refractivity contribution in [3.63, 3.8) is 0 Å². The molecule has 13 heavy (non-hydrogen) atoms. The molecule has 1 heteroatoms. The molecule has 0 amide bonds. The normalized spacial score (nSPS) is 17.8. The van der Waals surface area contributed by atoms with E-state index in [1.54, 1.807) is 0 Å². The van der Waals surface area contributed by atoms with Gasteiger partial charge in [-0.2, -0.15) is 0 Å². The fraction of sp³-hybridized carbons (Fsp3) is 0.750. The molecule has 0 spiro atoms. The van der Waals surface area contributed by atoms with Gasteiger partial charge in [-0.15, -0.1) is 0 Å². The Kier molecular flexibility index (Phi) is 4.20. The van der Waals surface area contributed by atoms with Gasteiger partial charge >= 0.3 is 0 Å². The first kappa shape index (κ1) is 10.5. The van der Waals surface area contributed by atoms with Crippen molar-refractivity contribution in [3.05, 3.63) is 11.6 Å². The second kappa shape index (κ2) is 5.21. The Hall–Kier alpha value is -0.590. The second-order valence-corrected chi connectivity index (χ2v) is 4.41. The van der Waals surface area contributed by atoms with E-state index >= 15 is 0 Å². The third-order valence-electron chi connectivity index (χ3n) is 2.57. The van der Waals surface area contributed by atoms with Gasteiger partial charge in [0.05, 0.1) is 0 Å². The summed E-state index contributed by atoms with van der Waals surface area (Å²) in [6.45, 7) is 4.50. The quantitative estimate of drug-likeness (QED) is 0.647. The fourth-order valence-corrected chi connectivity index (χ4v) is 1.80. The van der Waals surface area contributed by atoms with Crippen molar-refractivity contribution in [1.82, 2.24) is 0 Å². The summed E-state index contributed by atoms with van der Waals surface area (Å²) >= 11 is 0. The average Bonchev–Trinajstić information content (AvgIpc) is 2.03. The van der Waals surface area contributed by atoms with Crippen molar-refractivity contribution in [3.8, 4) is 0 Å². The summed E-state index contributed by atoms with van der Waals surface area (Å²) in [4.78, 5) is 11.1. The van der Waals surface area contributed by atoms with Gasteiger partial charge in [0.25, 0.3) is 0 Å². The molecule has 0 N–H and O–H groups in total. The highest BCUT2D eigenvalue weighted by Gasteiger charge is 2.09. The van der Waals surface area contributed by atoms with Crippen LogP contribution in [0, 0.1) is 5.92 Å². The van der Waals surface area contributed by atoms with Gasteiger partial charge < -0.3 is 0 Å². The van der Waals surface area contributed by atoms with E-state index < -0.39 is 0 Å². The minimum atomic E-state index is 0.339. The largest absolute Gasteiger partial charge is 0.295 e. The summed E-state index contributed by atoms with van der Waals surface area (Å²) in [5.74, 6) is 1.13. The molecule has 1 aliphatic rings. The highest BCUT2D eigenvalue weighted by Crippen LogP contribution is 2.21. The van der Waals surface area contributed by atoms with Crippen molar-refractivity contribution >= 4 is 5.78 Å². The van der Waals surface area contributed by atoms with E-state index in [9.17, 15) is 4.79 Å². The van der Waals surface area contributed by atoms with Crippen LogP contribution in [0.2, 0.25) is 0 Å². The van der Waals surface area contributed by atoms with Crippen LogP contribution in [-0.4, -0.2) is 5.78 Å². The van der Waals surface area contributed by atoms with Crippen LogP contribution in [0.3, 0.4) is 0 Å². The monoisotopic (exact) mass is 180 g/mol. The van der Waals surface area contributed by atoms with Crippen LogP contribution in [0.1, 0.15) is 52.4 Å². The number of hydrogen-bond donors (Lipinski definition) is 0. The lowest BCUT2D eigenvalue weighted by atomic mass is 9.93. The van der Waals surface area contributed by atoms with Gasteiger partial charge in [-0.05, 0) is 37.7 Å². The van der Waals surface area contributed by atoms with Gasteiger partial charge in [0, 0.05) is 6.42 Å². The number of rotatable bonds is 4. The Morgan fingerprint density at radius 3 is 2.77 bits per heavy atom. The van der Waals surface area contributed by atoms with Gasteiger partial charge in [0.2, 0.25) is 0 Å². The SMILES string of the molecule is CC(C)CCCC1=CC(=O)CCC1. The van der Waals surface area contributed by atoms with Crippen LogP contribution in [0.15, 0.2) is 11.6 Å². The molecule has 74 valence electrons. The predicted molar refractivity (Wildman–Crippen MR) is 55.6 cm³/mol. The van der Waals surface area contributed by atoms with Crippen LogP contribution in [0.5, 0.6) is 0 Å². The van der Waals surface area contributed by atoms with E-state index in [0.29, 0.717) is 5.78 Å². The lowest BCUT2D eigenvalue weighted by Gasteiger charge is -2.12. The van der Waals surface area contributed by atoms with Gasteiger partial charge in [0.1, 0.15) is 0 Å². The smallest absolute Gasteiger partial charge is 0.155 e. The summed E-state index contributed by atoms with van der Waals surface area (Å²) in [6, 6.07) is 0. The zero-order valence-electron chi connectivity index (χ0n) is 8.81. The number of ketones is 1. The van der Waals surface area contributed by atoms with Crippen LogP contribution < -0.4 is 0 Å². The maximum absolute atomic E-state index is 11.1. The summed E-state index contributed by atoms with van der Waals surface area (Å²) in [5, 5.41) is 0. The molecule has 0 atom stereocenters. The predicted octanol–water partition coefficient (Wildman–Crippen LogP) is 3.49. The molecule has 0 aliphatic heterocycles. The maximum atomic E-state index is 11.1. The average molecular weight is 180 g/mol. The second-order valence-electron chi connectivity index (χ2n) is 4.41. The molecule has 0 fully saturated rings. The third-order valence-corrected chi connectivity index (χ3v) is 2.57. The summed E-state index contributed by atoms with van der Waals surface area (Å²) < 4.78 is 0. The number of hydrogen-bond acceptors (Lipinski definition) is 1. The number of carbonyl (C=O) groups is 1. The van der Waals surface area contributed by atoms with Gasteiger partial charge in [0.15, 0.2) is 5.78 Å². The highest BCUT2D eigenvalue weighted by molar-refractivity contribution is 5.91. The molecule has 0 unspecified atom stereocenters. The van der Waals surface area contributed by atoms with E-state index in [1.807, 2.05) is 6.08 Å². The minimum Gasteiger partial charge on any atom is -0.295 e. The van der Waals surface area contributed by atoms with Gasteiger partial charge in [-0.25, -0.2) is 0 Å². The topological polar surface area (TPSA) is 17.1 Å². The minimum absolute atomic E-state index is 0.339. The molecular weight excluding hydrogens is 160 g/mol. The van der Waals surface area contributed by atoms with Crippen LogP contribution >= 0.6 is 0 Å². The Bertz CT molecular complexity index is 201. The first-order valence-corrected chi connectivity index (χ1v) is 5.41. The van der Waals surface area contributed by atoms with Crippen molar-refractivity contribution < 1.29 is 4.79 Å². The number of carbonyl (C=O) groups excluding carboxylic acids is 1. The zero-order chi connectivity index (χ0) is 9.68. The van der Waals surface area contributed by atoms with E-state index in [-0.39, 0.29) is 0 Å². The fourth-order valence-electron chi connectivity index (χ4n) is 1.80. The standard InChI is InChI=1S/C12H20O/c1-10(2)5-3-6-11-7-4-8-12(13)9-11/h9-10H,3-8H2,1-2H3. The molecule has 1 nitrogen and oxygen atoms in total. The number of allylic oxidation sites excluding steroid dienone is 2. The van der Waals surface area contributed by atoms with Crippen LogP contribution in [0.4, 0.5) is 0 Å². The van der Waals surface area contributed by atoms with Gasteiger partial charge in [-0.3, -0.25) is 4.79 Å². The zero-order valence-corrected chi connectivity index (χ0v) is 8.81. The Morgan fingerprint density at radius 1 is 1.38 bits per heavy atom. The summed E-state index contributed by atoms with van der Waals surface area (Å²) in [6.07, 6.45) is 8.56. The van der Waals surface area contributed by atoms with Crippen LogP contribution in [-0.2, 0) is 4.79 Å². The van der Waals surface area contributed by atoms with Crippen LogP contribution in [0.25, 0.3) is 0 Å². The van der Waals surface area contributed by atoms with Crippen molar-refractivity contribution in [2.75, 3.05) is 0 Å². The van der Waals surface area contributed by atoms with E-state index in [4.69, 9.17) is 0 Å². The molecule has 0 radical (unpaired) electrons. The molecule has 0 bridgehead atoms. The Morgan fingerprint density at radius 2 is 2.15 bits per heavy atom. The van der Waals surface area contributed by atoms with Crippen molar-refractivity contribution in [2.24, 2.45) is 5.92 Å². The Balaban J connectivity index is 2.24. The molecule has 0 aromatic heterocycles. The lowest BCUT2D eigenvalue weighted by molar-refractivity contribution is -0.115.